The molecule has 2 aromatic carbocycles. The van der Waals surface area contributed by atoms with E-state index in [0.29, 0.717) is 21.8 Å². The summed E-state index contributed by atoms with van der Waals surface area (Å²) in [7, 11) is 0. The van der Waals surface area contributed by atoms with Crippen molar-refractivity contribution in [2.75, 3.05) is 5.32 Å². The first kappa shape index (κ1) is 17.5. The highest BCUT2D eigenvalue weighted by Gasteiger charge is 2.19. The number of hydrogen-bond donors (Lipinski definition) is 2. The van der Waals surface area contributed by atoms with Crippen molar-refractivity contribution in [1.82, 2.24) is 5.32 Å². The topological polar surface area (TPSA) is 58.2 Å². The van der Waals surface area contributed by atoms with E-state index >= 15 is 0 Å². The van der Waals surface area contributed by atoms with Gasteiger partial charge in [0.2, 0.25) is 0 Å². The molecule has 1 aliphatic carbocycles. The van der Waals surface area contributed by atoms with Gasteiger partial charge in [0.05, 0.1) is 10.6 Å². The van der Waals surface area contributed by atoms with Crippen molar-refractivity contribution in [2.45, 2.75) is 38.1 Å². The van der Waals surface area contributed by atoms with E-state index in [2.05, 4.69) is 10.6 Å². The fraction of sp³-hybridized carbons (Fsp3) is 0.300. The Bertz CT molecular complexity index is 756. The largest absolute Gasteiger partial charge is 0.349 e. The number of rotatable bonds is 4. The highest BCUT2D eigenvalue weighted by molar-refractivity contribution is 6.34. The van der Waals surface area contributed by atoms with Crippen LogP contribution in [0.4, 0.5) is 5.69 Å². The minimum Gasteiger partial charge on any atom is -0.349 e. The van der Waals surface area contributed by atoms with Crippen LogP contribution in [0.1, 0.15) is 52.8 Å². The van der Waals surface area contributed by atoms with Crippen molar-refractivity contribution in [3.8, 4) is 0 Å². The maximum atomic E-state index is 12.5. The molecule has 130 valence electrons. The zero-order valence-electron chi connectivity index (χ0n) is 13.9. The monoisotopic (exact) mass is 356 g/mol. The Morgan fingerprint density at radius 1 is 0.920 bits per heavy atom. The van der Waals surface area contributed by atoms with E-state index in [1.54, 1.807) is 42.5 Å². The third kappa shape index (κ3) is 4.60. The molecule has 0 saturated heterocycles. The zero-order chi connectivity index (χ0) is 17.6. The van der Waals surface area contributed by atoms with E-state index in [1.165, 1.54) is 6.42 Å². The number of halogens is 1. The Kier molecular flexibility index (Phi) is 5.71. The van der Waals surface area contributed by atoms with Gasteiger partial charge in [-0.2, -0.15) is 0 Å². The van der Waals surface area contributed by atoms with Gasteiger partial charge in [-0.25, -0.2) is 0 Å². The molecule has 0 heterocycles. The van der Waals surface area contributed by atoms with Crippen LogP contribution in [0.25, 0.3) is 0 Å². The second-order valence-electron chi connectivity index (χ2n) is 6.32. The van der Waals surface area contributed by atoms with Crippen LogP contribution in [-0.4, -0.2) is 17.9 Å². The van der Waals surface area contributed by atoms with Gasteiger partial charge in [0.1, 0.15) is 0 Å². The summed E-state index contributed by atoms with van der Waals surface area (Å²) in [5.41, 5.74) is 1.50. The molecule has 25 heavy (non-hydrogen) atoms. The van der Waals surface area contributed by atoms with Crippen molar-refractivity contribution in [3.63, 3.8) is 0 Å². The fourth-order valence-corrected chi connectivity index (χ4v) is 3.28. The maximum Gasteiger partial charge on any atom is 0.255 e. The fourth-order valence-electron chi connectivity index (χ4n) is 3.08. The van der Waals surface area contributed by atoms with Gasteiger partial charge in [0, 0.05) is 17.3 Å². The number of benzene rings is 2. The maximum absolute atomic E-state index is 12.5. The van der Waals surface area contributed by atoms with Gasteiger partial charge in [-0.1, -0.05) is 49.1 Å². The Labute approximate surface area is 152 Å². The minimum absolute atomic E-state index is 0.187. The Morgan fingerprint density at radius 3 is 2.36 bits per heavy atom. The summed E-state index contributed by atoms with van der Waals surface area (Å²) in [6.45, 7) is 0. The molecule has 0 aromatic heterocycles. The molecule has 1 saturated carbocycles. The molecule has 1 aliphatic rings. The van der Waals surface area contributed by atoms with E-state index in [0.717, 1.165) is 25.7 Å². The lowest BCUT2D eigenvalue weighted by molar-refractivity contribution is 0.0926. The normalized spacial score (nSPS) is 14.8. The molecule has 0 atom stereocenters. The molecule has 2 amide bonds. The van der Waals surface area contributed by atoms with Crippen molar-refractivity contribution in [3.05, 3.63) is 64.7 Å². The Balaban J connectivity index is 1.71. The van der Waals surface area contributed by atoms with Crippen LogP contribution in [0.3, 0.4) is 0 Å². The summed E-state index contributed by atoms with van der Waals surface area (Å²) in [5, 5.41) is 6.24. The van der Waals surface area contributed by atoms with Gasteiger partial charge < -0.3 is 10.6 Å². The lowest BCUT2D eigenvalue weighted by Crippen LogP contribution is -2.36. The number of amides is 2. The molecule has 3 rings (SSSR count). The van der Waals surface area contributed by atoms with Crippen molar-refractivity contribution >= 4 is 29.1 Å². The Hall–Kier alpha value is -2.33. The van der Waals surface area contributed by atoms with Crippen molar-refractivity contribution < 1.29 is 9.59 Å². The van der Waals surface area contributed by atoms with Crippen LogP contribution in [0.2, 0.25) is 5.02 Å². The standard InChI is InChI=1S/C20H21ClN2O2/c21-18-12-11-16(23-19(24)14-7-3-1-4-8-14)13-17(18)20(25)22-15-9-5-2-6-10-15/h1,3-4,7-8,11-13,15H,2,5-6,9-10H2,(H,22,25)(H,23,24). The highest BCUT2D eigenvalue weighted by atomic mass is 35.5. The predicted molar refractivity (Wildman–Crippen MR) is 100 cm³/mol. The van der Waals surface area contributed by atoms with Crippen LogP contribution in [-0.2, 0) is 0 Å². The lowest BCUT2D eigenvalue weighted by atomic mass is 9.95. The zero-order valence-corrected chi connectivity index (χ0v) is 14.7. The second kappa shape index (κ2) is 8.17. The van der Waals surface area contributed by atoms with Gasteiger partial charge in [0.15, 0.2) is 0 Å². The number of hydrogen-bond acceptors (Lipinski definition) is 2. The molecule has 0 bridgehead atoms. The van der Waals surface area contributed by atoms with Gasteiger partial charge >= 0.3 is 0 Å². The third-order valence-electron chi connectivity index (χ3n) is 4.45. The molecule has 0 radical (unpaired) electrons. The van der Waals surface area contributed by atoms with Crippen LogP contribution >= 0.6 is 11.6 Å². The van der Waals surface area contributed by atoms with Crippen LogP contribution in [0.15, 0.2) is 48.5 Å². The smallest absolute Gasteiger partial charge is 0.255 e. The molecule has 5 heteroatoms. The first-order valence-corrected chi connectivity index (χ1v) is 8.98. The molecule has 1 fully saturated rings. The molecule has 4 nitrogen and oxygen atoms in total. The van der Waals surface area contributed by atoms with Crippen molar-refractivity contribution in [1.29, 1.82) is 0 Å². The molecule has 2 N–H and O–H groups in total. The van der Waals surface area contributed by atoms with E-state index in [-0.39, 0.29) is 17.9 Å². The number of carbonyl (C=O) groups excluding carboxylic acids is 2. The first-order valence-electron chi connectivity index (χ1n) is 8.60. The molecule has 0 aliphatic heterocycles. The number of anilines is 1. The third-order valence-corrected chi connectivity index (χ3v) is 4.77. The quantitative estimate of drug-likeness (QED) is 0.837. The summed E-state index contributed by atoms with van der Waals surface area (Å²) in [6, 6.07) is 14.1. The average Bonchev–Trinajstić information content (AvgIpc) is 2.64. The van der Waals surface area contributed by atoms with E-state index in [4.69, 9.17) is 11.6 Å². The minimum atomic E-state index is -0.221. The average molecular weight is 357 g/mol. The van der Waals surface area contributed by atoms with Crippen LogP contribution in [0, 0.1) is 0 Å². The number of nitrogens with one attached hydrogen (secondary N) is 2. The summed E-state index contributed by atoms with van der Waals surface area (Å²) in [5.74, 6) is -0.408. The second-order valence-corrected chi connectivity index (χ2v) is 6.73. The molecule has 2 aromatic rings. The molecule has 0 spiro atoms. The van der Waals surface area contributed by atoms with Crippen LogP contribution < -0.4 is 10.6 Å². The summed E-state index contributed by atoms with van der Waals surface area (Å²) in [4.78, 5) is 24.8. The number of carbonyl (C=O) groups is 2. The van der Waals surface area contributed by atoms with Crippen LogP contribution in [0.5, 0.6) is 0 Å². The molecular weight excluding hydrogens is 336 g/mol. The van der Waals surface area contributed by atoms with Gasteiger partial charge in [0.25, 0.3) is 11.8 Å². The predicted octanol–water partition coefficient (Wildman–Crippen LogP) is 4.65. The summed E-state index contributed by atoms with van der Waals surface area (Å²) in [6.07, 6.45) is 5.54. The summed E-state index contributed by atoms with van der Waals surface area (Å²) >= 11 is 6.19. The van der Waals surface area contributed by atoms with Gasteiger partial charge in [-0.05, 0) is 43.2 Å². The van der Waals surface area contributed by atoms with Crippen molar-refractivity contribution in [2.24, 2.45) is 0 Å². The van der Waals surface area contributed by atoms with Gasteiger partial charge in [-0.15, -0.1) is 0 Å². The highest BCUT2D eigenvalue weighted by Crippen LogP contribution is 2.23. The Morgan fingerprint density at radius 2 is 1.64 bits per heavy atom. The van der Waals surface area contributed by atoms with E-state index < -0.39 is 0 Å². The lowest BCUT2D eigenvalue weighted by Gasteiger charge is -2.23. The first-order chi connectivity index (χ1) is 12.1. The molecular formula is C20H21ClN2O2. The molecule has 0 unspecified atom stereocenters. The van der Waals surface area contributed by atoms with E-state index in [1.807, 2.05) is 6.07 Å². The van der Waals surface area contributed by atoms with Gasteiger partial charge in [-0.3, -0.25) is 9.59 Å². The summed E-state index contributed by atoms with van der Waals surface area (Å²) < 4.78 is 0. The van der Waals surface area contributed by atoms with E-state index in [9.17, 15) is 9.59 Å². The SMILES string of the molecule is O=C(Nc1ccc(Cl)c(C(=O)NC2CCCCC2)c1)c1ccccc1.